The molecule has 0 saturated carbocycles. The van der Waals surface area contributed by atoms with Crippen LogP contribution in [0, 0.1) is 0 Å². The fourth-order valence-electron chi connectivity index (χ4n) is 2.49. The van der Waals surface area contributed by atoms with Crippen LogP contribution in [0.2, 0.25) is 0 Å². The second-order valence-corrected chi connectivity index (χ2v) is 5.55. The standard InChI is InChI=1S/C13H13BrO3/c14-9-1-2-10-11(15)8-13(17-12(10)7-9)3-5-16-6-4-13/h1-2,7H,3-6,8H2. The van der Waals surface area contributed by atoms with Crippen LogP contribution in [0.15, 0.2) is 22.7 Å². The lowest BCUT2D eigenvalue weighted by Crippen LogP contribution is -2.46. The van der Waals surface area contributed by atoms with Crippen molar-refractivity contribution < 1.29 is 14.3 Å². The molecule has 4 heteroatoms. The Bertz CT molecular complexity index is 464. The average Bonchev–Trinajstić information content (AvgIpc) is 2.29. The van der Waals surface area contributed by atoms with Crippen LogP contribution in [0.25, 0.3) is 0 Å². The molecule has 0 N–H and O–H groups in total. The van der Waals surface area contributed by atoms with E-state index in [9.17, 15) is 4.79 Å². The molecule has 1 aromatic carbocycles. The molecule has 0 atom stereocenters. The molecule has 1 aromatic rings. The Labute approximate surface area is 108 Å². The largest absolute Gasteiger partial charge is 0.486 e. The predicted molar refractivity (Wildman–Crippen MR) is 66.5 cm³/mol. The van der Waals surface area contributed by atoms with Gasteiger partial charge in [-0.1, -0.05) is 15.9 Å². The third kappa shape index (κ3) is 2.00. The molecule has 17 heavy (non-hydrogen) atoms. The van der Waals surface area contributed by atoms with Crippen molar-refractivity contribution in [2.75, 3.05) is 13.2 Å². The van der Waals surface area contributed by atoms with Crippen LogP contribution in [0.5, 0.6) is 5.75 Å². The minimum atomic E-state index is -0.330. The first-order valence-corrected chi connectivity index (χ1v) is 6.57. The number of Topliss-reactive ketones (excluding diaryl/α,β-unsaturated/α-hetero) is 1. The molecule has 2 heterocycles. The molecular formula is C13H13BrO3. The molecule has 3 nitrogen and oxygen atoms in total. The van der Waals surface area contributed by atoms with Crippen LogP contribution in [-0.2, 0) is 4.74 Å². The monoisotopic (exact) mass is 296 g/mol. The predicted octanol–water partition coefficient (Wildman–Crippen LogP) is 2.96. The van der Waals surface area contributed by atoms with Gasteiger partial charge in [-0.3, -0.25) is 4.79 Å². The maximum atomic E-state index is 12.1. The molecule has 3 rings (SSSR count). The number of rotatable bonds is 0. The zero-order chi connectivity index (χ0) is 11.9. The van der Waals surface area contributed by atoms with E-state index in [1.165, 1.54) is 0 Å². The number of carbonyl (C=O) groups is 1. The molecule has 2 aliphatic heterocycles. The maximum absolute atomic E-state index is 12.1. The van der Waals surface area contributed by atoms with E-state index < -0.39 is 0 Å². The van der Waals surface area contributed by atoms with Gasteiger partial charge < -0.3 is 9.47 Å². The Morgan fingerprint density at radius 3 is 2.76 bits per heavy atom. The summed E-state index contributed by atoms with van der Waals surface area (Å²) in [5, 5.41) is 0. The zero-order valence-corrected chi connectivity index (χ0v) is 11.0. The van der Waals surface area contributed by atoms with Crippen LogP contribution in [0.1, 0.15) is 29.6 Å². The first-order valence-electron chi connectivity index (χ1n) is 5.78. The molecule has 0 bridgehead atoms. The number of fused-ring (bicyclic) bond motifs is 1. The van der Waals surface area contributed by atoms with Gasteiger partial charge in [-0.05, 0) is 18.2 Å². The van der Waals surface area contributed by atoms with E-state index in [1.807, 2.05) is 18.2 Å². The first kappa shape index (κ1) is 11.2. The lowest BCUT2D eigenvalue weighted by molar-refractivity contribution is -0.0504. The average molecular weight is 297 g/mol. The van der Waals surface area contributed by atoms with Crippen molar-refractivity contribution in [3.63, 3.8) is 0 Å². The highest BCUT2D eigenvalue weighted by atomic mass is 79.9. The highest BCUT2D eigenvalue weighted by molar-refractivity contribution is 9.10. The van der Waals surface area contributed by atoms with Crippen molar-refractivity contribution >= 4 is 21.7 Å². The van der Waals surface area contributed by atoms with Crippen LogP contribution in [0.3, 0.4) is 0 Å². The van der Waals surface area contributed by atoms with Gasteiger partial charge in [0, 0.05) is 17.3 Å². The molecule has 90 valence electrons. The fourth-order valence-corrected chi connectivity index (χ4v) is 2.83. The molecule has 0 unspecified atom stereocenters. The fraction of sp³-hybridized carbons (Fsp3) is 0.462. The van der Waals surface area contributed by atoms with Gasteiger partial charge in [0.1, 0.15) is 11.4 Å². The van der Waals surface area contributed by atoms with Gasteiger partial charge in [-0.25, -0.2) is 0 Å². The first-order chi connectivity index (χ1) is 8.19. The number of hydrogen-bond donors (Lipinski definition) is 0. The molecule has 0 amide bonds. The van der Waals surface area contributed by atoms with E-state index in [2.05, 4.69) is 15.9 Å². The van der Waals surface area contributed by atoms with Crippen molar-refractivity contribution in [1.82, 2.24) is 0 Å². The Morgan fingerprint density at radius 2 is 2.00 bits per heavy atom. The van der Waals surface area contributed by atoms with E-state index in [4.69, 9.17) is 9.47 Å². The number of halogens is 1. The van der Waals surface area contributed by atoms with Crippen molar-refractivity contribution in [3.8, 4) is 5.75 Å². The summed E-state index contributed by atoms with van der Waals surface area (Å²) in [4.78, 5) is 12.1. The quantitative estimate of drug-likeness (QED) is 0.738. The number of carbonyl (C=O) groups excluding carboxylic acids is 1. The van der Waals surface area contributed by atoms with Gasteiger partial charge in [-0.15, -0.1) is 0 Å². The zero-order valence-electron chi connectivity index (χ0n) is 9.37. The molecule has 0 aliphatic carbocycles. The lowest BCUT2D eigenvalue weighted by atomic mass is 9.84. The Morgan fingerprint density at radius 1 is 1.24 bits per heavy atom. The van der Waals surface area contributed by atoms with Gasteiger partial charge in [0.15, 0.2) is 5.78 Å². The third-order valence-electron chi connectivity index (χ3n) is 3.46. The van der Waals surface area contributed by atoms with Crippen molar-refractivity contribution in [2.24, 2.45) is 0 Å². The summed E-state index contributed by atoms with van der Waals surface area (Å²) in [6.07, 6.45) is 2.07. The Kier molecular flexibility index (Phi) is 2.71. The summed E-state index contributed by atoms with van der Waals surface area (Å²) < 4.78 is 12.4. The normalized spacial score (nSPS) is 22.1. The van der Waals surface area contributed by atoms with Crippen LogP contribution in [0.4, 0.5) is 0 Å². The van der Waals surface area contributed by atoms with Gasteiger partial charge in [0.05, 0.1) is 25.2 Å². The molecule has 2 aliphatic rings. The second kappa shape index (κ2) is 4.10. The highest BCUT2D eigenvalue weighted by Crippen LogP contribution is 2.39. The summed E-state index contributed by atoms with van der Waals surface area (Å²) in [5.74, 6) is 0.887. The van der Waals surface area contributed by atoms with Gasteiger partial charge in [-0.2, -0.15) is 0 Å². The van der Waals surface area contributed by atoms with Crippen molar-refractivity contribution in [2.45, 2.75) is 24.9 Å². The van der Waals surface area contributed by atoms with E-state index in [-0.39, 0.29) is 11.4 Å². The third-order valence-corrected chi connectivity index (χ3v) is 3.95. The molecule has 0 radical (unpaired) electrons. The van der Waals surface area contributed by atoms with E-state index >= 15 is 0 Å². The molecule has 1 saturated heterocycles. The minimum absolute atomic E-state index is 0.181. The van der Waals surface area contributed by atoms with Crippen LogP contribution < -0.4 is 4.74 Å². The second-order valence-electron chi connectivity index (χ2n) is 4.64. The number of hydrogen-bond acceptors (Lipinski definition) is 3. The Hall–Kier alpha value is -0.870. The van der Waals surface area contributed by atoms with Gasteiger partial charge in [0.25, 0.3) is 0 Å². The van der Waals surface area contributed by atoms with Crippen LogP contribution >= 0.6 is 15.9 Å². The van der Waals surface area contributed by atoms with E-state index in [1.54, 1.807) is 0 Å². The number of ketones is 1. The van der Waals surface area contributed by atoms with Gasteiger partial charge >= 0.3 is 0 Å². The highest BCUT2D eigenvalue weighted by Gasteiger charge is 2.41. The van der Waals surface area contributed by atoms with Gasteiger partial charge in [0.2, 0.25) is 0 Å². The molecule has 0 aromatic heterocycles. The topological polar surface area (TPSA) is 35.5 Å². The van der Waals surface area contributed by atoms with Crippen LogP contribution in [-0.4, -0.2) is 24.6 Å². The summed E-state index contributed by atoms with van der Waals surface area (Å²) in [6.45, 7) is 1.35. The van der Waals surface area contributed by atoms with Crippen molar-refractivity contribution in [1.29, 1.82) is 0 Å². The summed E-state index contributed by atoms with van der Waals surface area (Å²) >= 11 is 3.41. The number of benzene rings is 1. The SMILES string of the molecule is O=C1CC2(CCOCC2)Oc2cc(Br)ccc21. The summed E-state index contributed by atoms with van der Waals surface area (Å²) in [5.41, 5.74) is 0.369. The van der Waals surface area contributed by atoms with Crippen molar-refractivity contribution in [3.05, 3.63) is 28.2 Å². The maximum Gasteiger partial charge on any atom is 0.170 e. The Balaban J connectivity index is 1.98. The summed E-state index contributed by atoms with van der Waals surface area (Å²) in [6, 6.07) is 5.58. The molecule has 1 spiro atoms. The molecule has 1 fully saturated rings. The minimum Gasteiger partial charge on any atom is -0.486 e. The van der Waals surface area contributed by atoms with E-state index in [0.29, 0.717) is 30.9 Å². The smallest absolute Gasteiger partial charge is 0.170 e. The number of ether oxygens (including phenoxy) is 2. The lowest BCUT2D eigenvalue weighted by Gasteiger charge is -2.40. The summed E-state index contributed by atoms with van der Waals surface area (Å²) in [7, 11) is 0. The van der Waals surface area contributed by atoms with E-state index in [0.717, 1.165) is 17.3 Å². The molecular weight excluding hydrogens is 284 g/mol.